The summed E-state index contributed by atoms with van der Waals surface area (Å²) in [7, 11) is 0. The molecule has 1 amide bonds. The topological polar surface area (TPSA) is 75.6 Å². The summed E-state index contributed by atoms with van der Waals surface area (Å²) in [6.45, 7) is 1.29. The Morgan fingerprint density at radius 2 is 2.12 bits per heavy atom. The number of unbranched alkanes of at least 4 members (excludes halogenated alkanes) is 2. The molecule has 1 heterocycles. The van der Waals surface area contributed by atoms with Crippen LogP contribution in [0.5, 0.6) is 0 Å². The van der Waals surface area contributed by atoms with Gasteiger partial charge in [0.15, 0.2) is 0 Å². The molecule has 1 aliphatic heterocycles. The zero-order chi connectivity index (χ0) is 11.8. The summed E-state index contributed by atoms with van der Waals surface area (Å²) in [6.07, 6.45) is 4.04. The minimum atomic E-state index is -0.761. The van der Waals surface area contributed by atoms with Gasteiger partial charge in [-0.3, -0.25) is 9.59 Å². The Hall–Kier alpha value is -1.10. The lowest BCUT2D eigenvalue weighted by molar-refractivity contribution is -0.137. The molecule has 0 radical (unpaired) electrons. The molecule has 1 rings (SSSR count). The summed E-state index contributed by atoms with van der Waals surface area (Å²) >= 11 is 0. The second kappa shape index (κ2) is 7.22. The predicted molar refractivity (Wildman–Crippen MR) is 58.1 cm³/mol. The largest absolute Gasteiger partial charge is 0.481 e. The lowest BCUT2D eigenvalue weighted by atomic mass is 10.2. The molecule has 0 spiro atoms. The molecule has 0 aliphatic carbocycles. The predicted octanol–water partition coefficient (Wildman–Crippen LogP) is 0.927. The number of carbonyl (C=O) groups excluding carboxylic acids is 1. The maximum Gasteiger partial charge on any atom is 0.303 e. The fraction of sp³-hybridized carbons (Fsp3) is 0.818. The number of carboxylic acids is 1. The van der Waals surface area contributed by atoms with Gasteiger partial charge in [-0.25, -0.2) is 0 Å². The highest BCUT2D eigenvalue weighted by atomic mass is 16.5. The van der Waals surface area contributed by atoms with E-state index in [1.165, 1.54) is 0 Å². The Labute approximate surface area is 95.2 Å². The van der Waals surface area contributed by atoms with Crippen molar-refractivity contribution in [3.63, 3.8) is 0 Å². The first-order valence-electron chi connectivity index (χ1n) is 5.81. The van der Waals surface area contributed by atoms with Crippen LogP contribution in [0.2, 0.25) is 0 Å². The molecule has 0 unspecified atom stereocenters. The first kappa shape index (κ1) is 13.0. The van der Waals surface area contributed by atoms with E-state index in [1.54, 1.807) is 0 Å². The molecular weight excluding hydrogens is 210 g/mol. The van der Waals surface area contributed by atoms with Crippen LogP contribution < -0.4 is 5.32 Å². The Morgan fingerprint density at radius 1 is 1.31 bits per heavy atom. The van der Waals surface area contributed by atoms with Crippen LogP contribution in [0.25, 0.3) is 0 Å². The van der Waals surface area contributed by atoms with Gasteiger partial charge in [0.25, 0.3) is 0 Å². The van der Waals surface area contributed by atoms with E-state index in [-0.39, 0.29) is 18.4 Å². The molecule has 1 fully saturated rings. The molecule has 92 valence electrons. The lowest BCUT2D eigenvalue weighted by Crippen LogP contribution is -2.34. The highest BCUT2D eigenvalue weighted by molar-refractivity contribution is 5.80. The van der Waals surface area contributed by atoms with Crippen LogP contribution in [0.4, 0.5) is 0 Å². The maximum absolute atomic E-state index is 11.5. The third-order valence-electron chi connectivity index (χ3n) is 2.59. The van der Waals surface area contributed by atoms with Crippen molar-refractivity contribution in [2.75, 3.05) is 13.2 Å². The standard InChI is InChI=1S/C11H19NO4/c13-10(14)6-2-1-3-7-12-11(15)9-5-4-8-16-9/h9H,1-8H2,(H,12,15)(H,13,14)/t9-/m1/s1. The molecule has 2 N–H and O–H groups in total. The van der Waals surface area contributed by atoms with Crippen molar-refractivity contribution in [2.45, 2.75) is 44.6 Å². The molecule has 0 aromatic rings. The monoisotopic (exact) mass is 229 g/mol. The summed E-state index contributed by atoms with van der Waals surface area (Å²) in [5.41, 5.74) is 0. The number of nitrogens with one attached hydrogen (secondary N) is 1. The molecule has 0 aromatic carbocycles. The third kappa shape index (κ3) is 5.11. The Kier molecular flexibility index (Phi) is 5.85. The number of hydrogen-bond acceptors (Lipinski definition) is 3. The van der Waals surface area contributed by atoms with E-state index < -0.39 is 5.97 Å². The molecule has 0 aromatic heterocycles. The normalized spacial score (nSPS) is 19.6. The molecule has 5 nitrogen and oxygen atoms in total. The second-order valence-electron chi connectivity index (χ2n) is 4.00. The van der Waals surface area contributed by atoms with Crippen molar-refractivity contribution >= 4 is 11.9 Å². The van der Waals surface area contributed by atoms with Gasteiger partial charge in [0.2, 0.25) is 5.91 Å². The van der Waals surface area contributed by atoms with Crippen LogP contribution in [0, 0.1) is 0 Å². The van der Waals surface area contributed by atoms with Gasteiger partial charge < -0.3 is 15.2 Å². The molecular formula is C11H19NO4. The van der Waals surface area contributed by atoms with Gasteiger partial charge in [0.05, 0.1) is 0 Å². The number of aliphatic carboxylic acids is 1. The minimum Gasteiger partial charge on any atom is -0.481 e. The van der Waals surface area contributed by atoms with Crippen molar-refractivity contribution in [1.82, 2.24) is 5.32 Å². The van der Waals surface area contributed by atoms with Gasteiger partial charge in [-0.2, -0.15) is 0 Å². The smallest absolute Gasteiger partial charge is 0.303 e. The zero-order valence-electron chi connectivity index (χ0n) is 9.41. The number of amides is 1. The van der Waals surface area contributed by atoms with Gasteiger partial charge in [0.1, 0.15) is 6.10 Å². The van der Waals surface area contributed by atoms with Crippen LogP contribution in [-0.4, -0.2) is 36.2 Å². The van der Waals surface area contributed by atoms with Crippen molar-refractivity contribution in [3.05, 3.63) is 0 Å². The Morgan fingerprint density at radius 3 is 2.75 bits per heavy atom. The average Bonchev–Trinajstić information content (AvgIpc) is 2.75. The highest BCUT2D eigenvalue weighted by Gasteiger charge is 2.22. The lowest BCUT2D eigenvalue weighted by Gasteiger charge is -2.09. The highest BCUT2D eigenvalue weighted by Crippen LogP contribution is 2.11. The van der Waals surface area contributed by atoms with E-state index in [9.17, 15) is 9.59 Å². The average molecular weight is 229 g/mol. The fourth-order valence-electron chi connectivity index (χ4n) is 1.69. The van der Waals surface area contributed by atoms with E-state index in [4.69, 9.17) is 9.84 Å². The van der Waals surface area contributed by atoms with E-state index in [0.717, 1.165) is 25.7 Å². The molecule has 0 saturated carbocycles. The van der Waals surface area contributed by atoms with Gasteiger partial charge >= 0.3 is 5.97 Å². The summed E-state index contributed by atoms with van der Waals surface area (Å²) in [5.74, 6) is -0.792. The number of carbonyl (C=O) groups is 2. The molecule has 1 saturated heterocycles. The first-order valence-corrected chi connectivity index (χ1v) is 5.81. The summed E-state index contributed by atoms with van der Waals surface area (Å²) in [5, 5.41) is 11.2. The van der Waals surface area contributed by atoms with Gasteiger partial charge in [-0.1, -0.05) is 6.42 Å². The van der Waals surface area contributed by atoms with Crippen LogP contribution in [0.1, 0.15) is 38.5 Å². The van der Waals surface area contributed by atoms with E-state index in [0.29, 0.717) is 19.6 Å². The zero-order valence-corrected chi connectivity index (χ0v) is 9.41. The maximum atomic E-state index is 11.5. The number of carboxylic acid groups (broad SMARTS) is 1. The summed E-state index contributed by atoms with van der Waals surface area (Å²) in [6, 6.07) is 0. The SMILES string of the molecule is O=C(O)CCCCCNC(=O)[C@H]1CCCO1. The van der Waals surface area contributed by atoms with Crippen molar-refractivity contribution in [2.24, 2.45) is 0 Å². The van der Waals surface area contributed by atoms with E-state index in [1.807, 2.05) is 0 Å². The van der Waals surface area contributed by atoms with E-state index in [2.05, 4.69) is 5.32 Å². The van der Waals surface area contributed by atoms with Gasteiger partial charge in [-0.05, 0) is 25.7 Å². The molecule has 16 heavy (non-hydrogen) atoms. The van der Waals surface area contributed by atoms with Gasteiger partial charge in [0, 0.05) is 19.6 Å². The third-order valence-corrected chi connectivity index (χ3v) is 2.59. The number of hydrogen-bond donors (Lipinski definition) is 2. The quantitative estimate of drug-likeness (QED) is 0.637. The van der Waals surface area contributed by atoms with Crippen LogP contribution >= 0.6 is 0 Å². The molecule has 1 atom stereocenters. The van der Waals surface area contributed by atoms with Crippen molar-refractivity contribution in [3.8, 4) is 0 Å². The number of ether oxygens (including phenoxy) is 1. The summed E-state index contributed by atoms with van der Waals surface area (Å²) in [4.78, 5) is 21.7. The van der Waals surface area contributed by atoms with Crippen molar-refractivity contribution < 1.29 is 19.4 Å². The molecule has 1 aliphatic rings. The minimum absolute atomic E-state index is 0.0317. The van der Waals surface area contributed by atoms with E-state index >= 15 is 0 Å². The molecule has 5 heteroatoms. The fourth-order valence-corrected chi connectivity index (χ4v) is 1.69. The van der Waals surface area contributed by atoms with Crippen LogP contribution in [-0.2, 0) is 14.3 Å². The Bertz CT molecular complexity index is 236. The molecule has 0 bridgehead atoms. The van der Waals surface area contributed by atoms with Crippen LogP contribution in [0.3, 0.4) is 0 Å². The Balaban J connectivity index is 1.94. The second-order valence-corrected chi connectivity index (χ2v) is 4.00. The van der Waals surface area contributed by atoms with Crippen molar-refractivity contribution in [1.29, 1.82) is 0 Å². The van der Waals surface area contributed by atoms with Gasteiger partial charge in [-0.15, -0.1) is 0 Å². The first-order chi connectivity index (χ1) is 7.70. The van der Waals surface area contributed by atoms with Crippen LogP contribution in [0.15, 0.2) is 0 Å². The number of rotatable bonds is 7. The summed E-state index contributed by atoms with van der Waals surface area (Å²) < 4.78 is 5.23.